The fourth-order valence-corrected chi connectivity index (χ4v) is 0.486. The van der Waals surface area contributed by atoms with Crippen LogP contribution in [0.2, 0.25) is 0 Å². The predicted molar refractivity (Wildman–Crippen MR) is 46.0 cm³/mol. The number of hydrogen-bond acceptors (Lipinski definition) is 1. The molecule has 11 heavy (non-hydrogen) atoms. The number of quaternary nitrogens is 1. The van der Waals surface area contributed by atoms with Gasteiger partial charge in [0.05, 0.1) is 13.2 Å². The van der Waals surface area contributed by atoms with Crippen molar-refractivity contribution in [2.75, 3.05) is 7.05 Å². The van der Waals surface area contributed by atoms with E-state index in [2.05, 4.69) is 0 Å². The molecule has 2 heteroatoms. The molecule has 0 heterocycles. The Morgan fingerprint density at radius 1 is 1.27 bits per heavy atom. The van der Waals surface area contributed by atoms with Gasteiger partial charge in [-0.3, -0.25) is 4.79 Å². The standard InChI is InChI=1S/C9H13NO/c1-9(8-11)6-4-3-5-7-10-2/h3-8,10H,1-2H3/p+1. The van der Waals surface area contributed by atoms with Crippen LogP contribution in [0.15, 0.2) is 36.1 Å². The summed E-state index contributed by atoms with van der Waals surface area (Å²) in [5.41, 5.74) is 0.732. The van der Waals surface area contributed by atoms with Gasteiger partial charge in [0.2, 0.25) is 0 Å². The molecule has 0 aromatic rings. The Bertz CT molecular complexity index is 190. The van der Waals surface area contributed by atoms with E-state index in [0.29, 0.717) is 0 Å². The molecule has 2 nitrogen and oxygen atoms in total. The lowest BCUT2D eigenvalue weighted by atomic mass is 10.3. The maximum Gasteiger partial charge on any atom is 0.145 e. The summed E-state index contributed by atoms with van der Waals surface area (Å²) in [5, 5.41) is 1.95. The quantitative estimate of drug-likeness (QED) is 0.353. The van der Waals surface area contributed by atoms with Crippen molar-refractivity contribution < 1.29 is 10.1 Å². The third-order valence-electron chi connectivity index (χ3n) is 1.07. The second-order valence-electron chi connectivity index (χ2n) is 2.13. The van der Waals surface area contributed by atoms with E-state index in [0.717, 1.165) is 11.9 Å². The fraction of sp³-hybridized carbons (Fsp3) is 0.222. The Hall–Kier alpha value is -1.15. The summed E-state index contributed by atoms with van der Waals surface area (Å²) in [7, 11) is 1.96. The van der Waals surface area contributed by atoms with Gasteiger partial charge < -0.3 is 5.32 Å². The molecule has 0 saturated heterocycles. The molecule has 2 N–H and O–H groups in total. The summed E-state index contributed by atoms with van der Waals surface area (Å²) >= 11 is 0. The zero-order valence-corrected chi connectivity index (χ0v) is 6.95. The van der Waals surface area contributed by atoms with Crippen LogP contribution in [0.5, 0.6) is 0 Å². The SMILES string of the molecule is C[NH2+]C=CC=CC=C(C)C=O. The number of carbonyl (C=O) groups is 1. The van der Waals surface area contributed by atoms with Gasteiger partial charge >= 0.3 is 0 Å². The van der Waals surface area contributed by atoms with Crippen LogP contribution >= 0.6 is 0 Å². The number of hydrogen-bond donors (Lipinski definition) is 1. The van der Waals surface area contributed by atoms with E-state index >= 15 is 0 Å². The molecule has 0 saturated carbocycles. The maximum absolute atomic E-state index is 10.1. The van der Waals surface area contributed by atoms with Crippen molar-refractivity contribution in [2.24, 2.45) is 0 Å². The molecule has 0 radical (unpaired) electrons. The van der Waals surface area contributed by atoms with Gasteiger partial charge in [-0.2, -0.15) is 0 Å². The molecule has 0 bridgehead atoms. The summed E-state index contributed by atoms with van der Waals surface area (Å²) in [6.07, 6.45) is 10.2. The molecule has 0 aliphatic carbocycles. The molecule has 0 spiro atoms. The van der Waals surface area contributed by atoms with Gasteiger partial charge in [0.25, 0.3) is 0 Å². The predicted octanol–water partition coefficient (Wildman–Crippen LogP) is 0.395. The van der Waals surface area contributed by atoms with Gasteiger partial charge in [0.1, 0.15) is 6.29 Å². The first-order chi connectivity index (χ1) is 5.31. The molecule has 0 aliphatic rings. The minimum atomic E-state index is 0.732. The number of nitrogens with two attached hydrogens (primary N) is 1. The lowest BCUT2D eigenvalue weighted by Gasteiger charge is -1.79. The number of aldehydes is 1. The van der Waals surface area contributed by atoms with E-state index in [9.17, 15) is 4.79 Å². The molecule has 0 unspecified atom stereocenters. The van der Waals surface area contributed by atoms with E-state index in [4.69, 9.17) is 0 Å². The van der Waals surface area contributed by atoms with Crippen LogP contribution < -0.4 is 5.32 Å². The Kier molecular flexibility index (Phi) is 6.24. The number of rotatable bonds is 4. The van der Waals surface area contributed by atoms with Crippen molar-refractivity contribution in [3.63, 3.8) is 0 Å². The highest BCUT2D eigenvalue weighted by molar-refractivity contribution is 5.72. The molecule has 60 valence electrons. The molecule has 0 aliphatic heterocycles. The summed E-state index contributed by atoms with van der Waals surface area (Å²) in [6.45, 7) is 1.77. The Labute approximate surface area is 67.3 Å². The molecule has 0 rings (SSSR count). The zero-order valence-electron chi connectivity index (χ0n) is 6.95. The highest BCUT2D eigenvalue weighted by Gasteiger charge is 1.76. The Morgan fingerprint density at radius 2 is 2.00 bits per heavy atom. The topological polar surface area (TPSA) is 33.7 Å². The van der Waals surface area contributed by atoms with E-state index in [1.54, 1.807) is 13.0 Å². The number of carbonyl (C=O) groups excluding carboxylic acids is 1. The fourth-order valence-electron chi connectivity index (χ4n) is 0.486. The lowest BCUT2D eigenvalue weighted by Crippen LogP contribution is -2.72. The average Bonchev–Trinajstić information content (AvgIpc) is 2.04. The van der Waals surface area contributed by atoms with Crippen LogP contribution in [0.1, 0.15) is 6.92 Å². The van der Waals surface area contributed by atoms with Crippen LogP contribution in [0.25, 0.3) is 0 Å². The second-order valence-corrected chi connectivity index (χ2v) is 2.13. The van der Waals surface area contributed by atoms with E-state index < -0.39 is 0 Å². The van der Waals surface area contributed by atoms with Gasteiger partial charge in [-0.15, -0.1) is 0 Å². The molecule has 0 amide bonds. The maximum atomic E-state index is 10.1. The van der Waals surface area contributed by atoms with Crippen LogP contribution in [-0.2, 0) is 4.79 Å². The van der Waals surface area contributed by atoms with Crippen LogP contribution in [0.3, 0.4) is 0 Å². The van der Waals surface area contributed by atoms with Gasteiger partial charge in [0, 0.05) is 0 Å². The second kappa shape index (κ2) is 6.96. The van der Waals surface area contributed by atoms with Gasteiger partial charge in [-0.25, -0.2) is 0 Å². The first-order valence-electron chi connectivity index (χ1n) is 3.56. The van der Waals surface area contributed by atoms with Crippen LogP contribution in [-0.4, -0.2) is 13.3 Å². The summed E-state index contributed by atoms with van der Waals surface area (Å²) in [5.74, 6) is 0. The molecular weight excluding hydrogens is 138 g/mol. The monoisotopic (exact) mass is 152 g/mol. The normalized spacial score (nSPS) is 13.1. The highest BCUT2D eigenvalue weighted by atomic mass is 16.1. The average molecular weight is 152 g/mol. The van der Waals surface area contributed by atoms with Crippen molar-refractivity contribution in [3.05, 3.63) is 36.1 Å². The molecule has 0 fully saturated rings. The summed E-state index contributed by atoms with van der Waals surface area (Å²) < 4.78 is 0. The van der Waals surface area contributed by atoms with Crippen LogP contribution in [0.4, 0.5) is 0 Å². The molecule has 0 aromatic heterocycles. The minimum Gasteiger partial charge on any atom is -0.322 e. The van der Waals surface area contributed by atoms with Gasteiger partial charge in [-0.05, 0) is 18.6 Å². The first-order valence-corrected chi connectivity index (χ1v) is 3.56. The first kappa shape index (κ1) is 9.85. The van der Waals surface area contributed by atoms with Crippen molar-refractivity contribution in [3.8, 4) is 0 Å². The highest BCUT2D eigenvalue weighted by Crippen LogP contribution is 1.86. The van der Waals surface area contributed by atoms with E-state index in [1.807, 2.05) is 36.8 Å². The number of allylic oxidation sites excluding steroid dienone is 5. The Balaban J connectivity index is 3.76. The summed E-state index contributed by atoms with van der Waals surface area (Å²) in [6, 6.07) is 0. The zero-order chi connectivity index (χ0) is 8.53. The largest absolute Gasteiger partial charge is 0.322 e. The Morgan fingerprint density at radius 3 is 2.55 bits per heavy atom. The third kappa shape index (κ3) is 6.74. The van der Waals surface area contributed by atoms with Crippen molar-refractivity contribution in [1.82, 2.24) is 0 Å². The molecule has 0 aromatic carbocycles. The van der Waals surface area contributed by atoms with E-state index in [1.165, 1.54) is 0 Å². The lowest BCUT2D eigenvalue weighted by molar-refractivity contribution is -0.556. The van der Waals surface area contributed by atoms with E-state index in [-0.39, 0.29) is 0 Å². The van der Waals surface area contributed by atoms with Crippen molar-refractivity contribution >= 4 is 6.29 Å². The molecule has 0 atom stereocenters. The summed E-state index contributed by atoms with van der Waals surface area (Å²) in [4.78, 5) is 10.1. The van der Waals surface area contributed by atoms with Gasteiger partial charge in [0.15, 0.2) is 0 Å². The van der Waals surface area contributed by atoms with Crippen molar-refractivity contribution in [1.29, 1.82) is 0 Å². The third-order valence-corrected chi connectivity index (χ3v) is 1.07. The minimum absolute atomic E-state index is 0.732. The van der Waals surface area contributed by atoms with Crippen LogP contribution in [0, 0.1) is 0 Å². The smallest absolute Gasteiger partial charge is 0.145 e. The van der Waals surface area contributed by atoms with Gasteiger partial charge in [-0.1, -0.05) is 18.2 Å². The van der Waals surface area contributed by atoms with Crippen molar-refractivity contribution in [2.45, 2.75) is 6.92 Å². The molecular formula is C9H14NO+.